The largest absolute Gasteiger partial charge is 0.361 e. The van der Waals surface area contributed by atoms with E-state index in [0.717, 1.165) is 5.39 Å². The topological polar surface area (TPSA) is 92.7 Å². The van der Waals surface area contributed by atoms with Crippen molar-refractivity contribution in [3.05, 3.63) is 103 Å². The molecular weight excluding hydrogens is 461 g/mol. The molecule has 7 nitrogen and oxygen atoms in total. The number of hydrogen-bond donors (Lipinski definition) is 2. The molecule has 0 saturated carbocycles. The maximum atomic E-state index is 13.6. The molecule has 5 aromatic rings. The van der Waals surface area contributed by atoms with Crippen molar-refractivity contribution in [3.63, 3.8) is 0 Å². The van der Waals surface area contributed by atoms with Gasteiger partial charge in [0.25, 0.3) is 5.56 Å². The van der Waals surface area contributed by atoms with Crippen LogP contribution in [-0.2, 0) is 0 Å². The first-order chi connectivity index (χ1) is 16.0. The molecule has 9 heteroatoms. The van der Waals surface area contributed by atoms with Gasteiger partial charge in [0.05, 0.1) is 16.5 Å². The molecule has 3 heterocycles. The lowest BCUT2D eigenvalue weighted by Gasteiger charge is -2.22. The van der Waals surface area contributed by atoms with Gasteiger partial charge in [-0.3, -0.25) is 14.2 Å². The zero-order chi connectivity index (χ0) is 23.1. The van der Waals surface area contributed by atoms with Crippen LogP contribution in [0.2, 0.25) is 10.0 Å². The molecular formula is C24H17Cl2N5O2. The highest BCUT2D eigenvalue weighted by Crippen LogP contribution is 2.28. The van der Waals surface area contributed by atoms with Crippen LogP contribution in [0.1, 0.15) is 18.7 Å². The number of hydrogen-bond acceptors (Lipinski definition) is 5. The molecule has 0 amide bonds. The summed E-state index contributed by atoms with van der Waals surface area (Å²) in [6, 6.07) is 16.1. The summed E-state index contributed by atoms with van der Waals surface area (Å²) in [6.45, 7) is 1.89. The number of nitrogens with zero attached hydrogens (tertiary/aromatic N) is 3. The van der Waals surface area contributed by atoms with Gasteiger partial charge in [0.15, 0.2) is 0 Å². The fourth-order valence-electron chi connectivity index (χ4n) is 3.92. The fraction of sp³-hybridized carbons (Fsp3) is 0.0833. The Balaban J connectivity index is 1.72. The van der Waals surface area contributed by atoms with Crippen molar-refractivity contribution in [1.29, 1.82) is 0 Å². The van der Waals surface area contributed by atoms with Gasteiger partial charge in [-0.1, -0.05) is 53.5 Å². The summed E-state index contributed by atoms with van der Waals surface area (Å²) in [5.41, 5.74) is 1.11. The molecule has 33 heavy (non-hydrogen) atoms. The van der Waals surface area contributed by atoms with E-state index in [9.17, 15) is 9.59 Å². The third-order valence-electron chi connectivity index (χ3n) is 5.46. The van der Waals surface area contributed by atoms with Crippen LogP contribution >= 0.6 is 23.2 Å². The van der Waals surface area contributed by atoms with Crippen molar-refractivity contribution in [2.45, 2.75) is 13.0 Å². The Morgan fingerprint density at radius 3 is 2.55 bits per heavy atom. The molecule has 0 spiro atoms. The van der Waals surface area contributed by atoms with Crippen LogP contribution in [0, 0.1) is 0 Å². The monoisotopic (exact) mass is 477 g/mol. The van der Waals surface area contributed by atoms with Gasteiger partial charge in [0.2, 0.25) is 5.43 Å². The van der Waals surface area contributed by atoms with Gasteiger partial charge in [-0.2, -0.15) is 0 Å². The molecule has 5 rings (SSSR count). The van der Waals surface area contributed by atoms with E-state index < -0.39 is 6.04 Å². The lowest BCUT2D eigenvalue weighted by atomic mass is 10.1. The Bertz CT molecular complexity index is 1630. The van der Waals surface area contributed by atoms with Gasteiger partial charge in [0, 0.05) is 17.6 Å². The second-order valence-electron chi connectivity index (χ2n) is 7.53. The molecule has 0 aliphatic heterocycles. The standard InChI is InChI=1S/C24H17Cl2N5O2/c1-13(30-23-20-21(32)17(26)11-27-22(20)28-12-29-23)18-10-14-6-5-9-16(25)19(14)24(33)31(18)15-7-3-2-4-8-15/h2-13H,1H3,(H2,27,28,29,30,32). The van der Waals surface area contributed by atoms with Gasteiger partial charge in [0.1, 0.15) is 28.2 Å². The van der Waals surface area contributed by atoms with Crippen LogP contribution in [0.25, 0.3) is 27.5 Å². The number of para-hydroxylation sites is 1. The molecule has 0 aliphatic carbocycles. The van der Waals surface area contributed by atoms with E-state index in [1.165, 1.54) is 12.5 Å². The Morgan fingerprint density at radius 1 is 0.970 bits per heavy atom. The lowest BCUT2D eigenvalue weighted by molar-refractivity contribution is 0.774. The van der Waals surface area contributed by atoms with E-state index in [4.69, 9.17) is 23.2 Å². The van der Waals surface area contributed by atoms with Gasteiger partial charge >= 0.3 is 0 Å². The summed E-state index contributed by atoms with van der Waals surface area (Å²) in [7, 11) is 0. The first-order valence-corrected chi connectivity index (χ1v) is 10.9. The number of H-pyrrole nitrogens is 1. The first-order valence-electron chi connectivity index (χ1n) is 10.1. The molecule has 0 radical (unpaired) electrons. The number of halogens is 2. The average Bonchev–Trinajstić information content (AvgIpc) is 2.82. The molecule has 2 aromatic carbocycles. The van der Waals surface area contributed by atoms with Crippen molar-refractivity contribution >= 4 is 50.8 Å². The second kappa shape index (κ2) is 8.35. The van der Waals surface area contributed by atoms with Crippen molar-refractivity contribution in [2.75, 3.05) is 5.32 Å². The van der Waals surface area contributed by atoms with Crippen molar-refractivity contribution < 1.29 is 0 Å². The molecule has 0 bridgehead atoms. The van der Waals surface area contributed by atoms with E-state index in [1.54, 1.807) is 16.7 Å². The van der Waals surface area contributed by atoms with Gasteiger partial charge in [-0.25, -0.2) is 9.97 Å². The van der Waals surface area contributed by atoms with Crippen LogP contribution in [0.5, 0.6) is 0 Å². The Morgan fingerprint density at radius 2 is 1.76 bits per heavy atom. The highest BCUT2D eigenvalue weighted by atomic mass is 35.5. The highest BCUT2D eigenvalue weighted by molar-refractivity contribution is 6.35. The van der Waals surface area contributed by atoms with Crippen LogP contribution in [0.15, 0.2) is 76.7 Å². The number of anilines is 1. The van der Waals surface area contributed by atoms with Crippen molar-refractivity contribution in [2.24, 2.45) is 0 Å². The van der Waals surface area contributed by atoms with E-state index in [-0.39, 0.29) is 21.4 Å². The van der Waals surface area contributed by atoms with E-state index >= 15 is 0 Å². The lowest BCUT2D eigenvalue weighted by Crippen LogP contribution is -2.26. The summed E-state index contributed by atoms with van der Waals surface area (Å²) in [5, 5.41) is 5.09. The SMILES string of the molecule is CC(Nc1ncnc2[nH]cc(Cl)c(=O)c12)c1cc2cccc(Cl)c2c(=O)n1-c1ccccc1. The zero-order valence-corrected chi connectivity index (χ0v) is 18.9. The molecule has 1 unspecified atom stereocenters. The number of nitrogens with one attached hydrogen (secondary N) is 2. The Labute approximate surface area is 197 Å². The minimum Gasteiger partial charge on any atom is -0.361 e. The normalized spacial score (nSPS) is 12.2. The van der Waals surface area contributed by atoms with Crippen LogP contribution in [-0.4, -0.2) is 19.5 Å². The van der Waals surface area contributed by atoms with Gasteiger partial charge in [-0.15, -0.1) is 0 Å². The second-order valence-corrected chi connectivity index (χ2v) is 8.34. The number of aromatic nitrogens is 4. The van der Waals surface area contributed by atoms with Crippen LogP contribution in [0.3, 0.4) is 0 Å². The summed E-state index contributed by atoms with van der Waals surface area (Å²) in [5.74, 6) is 0.314. The van der Waals surface area contributed by atoms with Crippen LogP contribution in [0.4, 0.5) is 5.82 Å². The third-order valence-corrected chi connectivity index (χ3v) is 6.06. The molecule has 164 valence electrons. The van der Waals surface area contributed by atoms with Gasteiger partial charge in [-0.05, 0) is 36.6 Å². The van der Waals surface area contributed by atoms with Crippen molar-refractivity contribution in [1.82, 2.24) is 19.5 Å². The molecule has 0 saturated heterocycles. The van der Waals surface area contributed by atoms with Crippen molar-refractivity contribution in [3.8, 4) is 5.69 Å². The average molecular weight is 478 g/mol. The number of benzene rings is 2. The predicted molar refractivity (Wildman–Crippen MR) is 132 cm³/mol. The molecule has 1 atom stereocenters. The number of aromatic amines is 1. The molecule has 0 aliphatic rings. The van der Waals surface area contributed by atoms with E-state index in [0.29, 0.717) is 33.3 Å². The smallest absolute Gasteiger partial charge is 0.264 e. The Hall–Kier alpha value is -3.68. The fourth-order valence-corrected chi connectivity index (χ4v) is 4.33. The number of pyridine rings is 2. The minimum absolute atomic E-state index is 0.0366. The molecule has 0 fully saturated rings. The maximum Gasteiger partial charge on any atom is 0.264 e. The molecule has 3 aromatic heterocycles. The predicted octanol–water partition coefficient (Wildman–Crippen LogP) is 5.10. The zero-order valence-electron chi connectivity index (χ0n) is 17.3. The number of fused-ring (bicyclic) bond motifs is 2. The highest BCUT2D eigenvalue weighted by Gasteiger charge is 2.20. The summed E-state index contributed by atoms with van der Waals surface area (Å²) >= 11 is 12.4. The summed E-state index contributed by atoms with van der Waals surface area (Å²) in [4.78, 5) is 37.6. The van der Waals surface area contributed by atoms with Crippen LogP contribution < -0.4 is 16.3 Å². The third kappa shape index (κ3) is 3.65. The summed E-state index contributed by atoms with van der Waals surface area (Å²) < 4.78 is 1.62. The summed E-state index contributed by atoms with van der Waals surface area (Å²) in [6.07, 6.45) is 2.75. The van der Waals surface area contributed by atoms with E-state index in [2.05, 4.69) is 20.3 Å². The Kier molecular flexibility index (Phi) is 5.36. The van der Waals surface area contributed by atoms with Gasteiger partial charge < -0.3 is 10.3 Å². The first kappa shape index (κ1) is 21.2. The quantitative estimate of drug-likeness (QED) is 0.375. The van der Waals surface area contributed by atoms with E-state index in [1.807, 2.05) is 49.4 Å². The minimum atomic E-state index is -0.419. The number of rotatable bonds is 4. The molecule has 2 N–H and O–H groups in total. The maximum absolute atomic E-state index is 13.6.